The number of hydrogen-bond acceptors (Lipinski definition) is 5. The molecule has 0 N–H and O–H groups in total. The van der Waals surface area contributed by atoms with Crippen molar-refractivity contribution in [3.8, 4) is 11.5 Å². The lowest BCUT2D eigenvalue weighted by atomic mass is 9.89. The van der Waals surface area contributed by atoms with Crippen LogP contribution >= 0.6 is 11.3 Å². The Bertz CT molecular complexity index is 1040. The Hall–Kier alpha value is -2.54. The molecule has 0 spiro atoms. The zero-order valence-corrected chi connectivity index (χ0v) is 22.3. The number of hydrogen-bond donors (Lipinski definition) is 0. The highest BCUT2D eigenvalue weighted by Crippen LogP contribution is 2.33. The molecule has 0 unspecified atom stereocenters. The van der Waals surface area contributed by atoms with E-state index in [1.54, 1.807) is 11.3 Å². The third-order valence-corrected chi connectivity index (χ3v) is 7.80. The van der Waals surface area contributed by atoms with Gasteiger partial charge < -0.3 is 19.3 Å². The third kappa shape index (κ3) is 6.78. The van der Waals surface area contributed by atoms with Gasteiger partial charge in [-0.3, -0.25) is 9.59 Å². The monoisotopic (exact) mass is 498 g/mol. The second-order valence-electron chi connectivity index (χ2n) is 11.0. The minimum atomic E-state index is -0.118. The second-order valence-corrected chi connectivity index (χ2v) is 12.0. The Kier molecular flexibility index (Phi) is 8.05. The molecule has 0 radical (unpaired) electrons. The number of rotatable bonds is 8. The molecular weight excluding hydrogens is 460 g/mol. The normalized spacial score (nSPS) is 15.8. The Labute approximate surface area is 213 Å². The van der Waals surface area contributed by atoms with E-state index in [1.807, 2.05) is 28.0 Å². The molecule has 1 aliphatic carbocycles. The van der Waals surface area contributed by atoms with E-state index >= 15 is 0 Å². The molecule has 1 aromatic heterocycles. The zero-order valence-electron chi connectivity index (χ0n) is 21.5. The fourth-order valence-corrected chi connectivity index (χ4v) is 5.77. The van der Waals surface area contributed by atoms with Gasteiger partial charge in [-0.15, -0.1) is 11.3 Å². The highest BCUT2D eigenvalue weighted by atomic mass is 32.1. The van der Waals surface area contributed by atoms with Crippen LogP contribution < -0.4 is 9.47 Å². The van der Waals surface area contributed by atoms with E-state index < -0.39 is 0 Å². The zero-order chi connectivity index (χ0) is 25.0. The topological polar surface area (TPSA) is 59.1 Å². The molecule has 1 aromatic carbocycles. The average Bonchev–Trinajstić information content (AvgIpc) is 3.44. The van der Waals surface area contributed by atoms with Crippen molar-refractivity contribution in [2.45, 2.75) is 85.4 Å². The van der Waals surface area contributed by atoms with Crippen LogP contribution in [-0.4, -0.2) is 41.0 Å². The Morgan fingerprint density at radius 2 is 1.74 bits per heavy atom. The van der Waals surface area contributed by atoms with Gasteiger partial charge in [-0.05, 0) is 59.9 Å². The molecule has 1 saturated carbocycles. The van der Waals surface area contributed by atoms with Gasteiger partial charge >= 0.3 is 0 Å². The minimum absolute atomic E-state index is 0.0108. The molecule has 6 nitrogen and oxygen atoms in total. The van der Waals surface area contributed by atoms with Gasteiger partial charge in [-0.2, -0.15) is 0 Å². The second kappa shape index (κ2) is 11.0. The van der Waals surface area contributed by atoms with E-state index in [9.17, 15) is 9.59 Å². The van der Waals surface area contributed by atoms with Crippen LogP contribution in [0.15, 0.2) is 29.6 Å². The molecular formula is C28H38N2O4S. The molecule has 2 aliphatic rings. The first-order chi connectivity index (χ1) is 16.7. The summed E-state index contributed by atoms with van der Waals surface area (Å²) >= 11 is 1.67. The summed E-state index contributed by atoms with van der Waals surface area (Å²) in [6.45, 7) is 9.67. The molecule has 35 heavy (non-hydrogen) atoms. The lowest BCUT2D eigenvalue weighted by molar-refractivity contribution is -0.145. The smallest absolute Gasteiger partial charge is 0.242 e. The molecule has 7 heteroatoms. The van der Waals surface area contributed by atoms with Crippen LogP contribution in [0.4, 0.5) is 0 Å². The van der Waals surface area contributed by atoms with Gasteiger partial charge in [0.15, 0.2) is 11.5 Å². The lowest BCUT2D eigenvalue weighted by Gasteiger charge is -2.37. The maximum absolute atomic E-state index is 13.8. The van der Waals surface area contributed by atoms with Gasteiger partial charge in [0.1, 0.15) is 6.54 Å². The number of carbonyl (C=O) groups is 2. The van der Waals surface area contributed by atoms with Crippen molar-refractivity contribution < 1.29 is 19.1 Å². The van der Waals surface area contributed by atoms with Crippen LogP contribution in [0.1, 0.15) is 75.3 Å². The quantitative estimate of drug-likeness (QED) is 0.454. The molecule has 2 aromatic rings. The van der Waals surface area contributed by atoms with Crippen LogP contribution in [0.2, 0.25) is 0 Å². The summed E-state index contributed by atoms with van der Waals surface area (Å²) in [5, 5.41) is 2.06. The number of amides is 2. The van der Waals surface area contributed by atoms with E-state index in [4.69, 9.17) is 9.47 Å². The number of nitrogens with zero attached hydrogens (tertiary/aromatic N) is 2. The maximum Gasteiger partial charge on any atom is 0.242 e. The summed E-state index contributed by atoms with van der Waals surface area (Å²) in [5.41, 5.74) is 2.06. The molecule has 190 valence electrons. The molecule has 0 bridgehead atoms. The average molecular weight is 499 g/mol. The summed E-state index contributed by atoms with van der Waals surface area (Å²) < 4.78 is 11.0. The summed E-state index contributed by atoms with van der Waals surface area (Å²) in [6.07, 6.45) is 5.86. The highest BCUT2D eigenvalue weighted by molar-refractivity contribution is 7.10. The number of carbonyl (C=O) groups excluding carboxylic acids is 2. The standard InChI is InChI=1S/C28H38N2O4S/c1-20-12-13-35-25(20)17-29(16-21-10-11-23-24(14-21)34-19-33-23)27(32)18-30(22-8-6-5-7-9-22)26(31)15-28(2,3)4/h10-14,22H,5-9,15-19H2,1-4H3. The summed E-state index contributed by atoms with van der Waals surface area (Å²) in [6, 6.07) is 8.08. The van der Waals surface area contributed by atoms with Crippen molar-refractivity contribution in [1.82, 2.24) is 9.80 Å². The van der Waals surface area contributed by atoms with E-state index in [0.29, 0.717) is 25.3 Å². The summed E-state index contributed by atoms with van der Waals surface area (Å²) in [4.78, 5) is 32.2. The van der Waals surface area contributed by atoms with Gasteiger partial charge in [0.2, 0.25) is 18.6 Å². The van der Waals surface area contributed by atoms with Gasteiger partial charge in [0, 0.05) is 23.9 Å². The van der Waals surface area contributed by atoms with Crippen molar-refractivity contribution >= 4 is 23.2 Å². The fourth-order valence-electron chi connectivity index (χ4n) is 4.85. The van der Waals surface area contributed by atoms with E-state index in [-0.39, 0.29) is 36.6 Å². The SMILES string of the molecule is Cc1ccsc1CN(Cc1ccc2c(c1)OCO2)C(=O)CN(C(=O)CC(C)(C)C)C1CCCCC1. The largest absolute Gasteiger partial charge is 0.454 e. The van der Waals surface area contributed by atoms with Crippen molar-refractivity contribution in [3.63, 3.8) is 0 Å². The Balaban J connectivity index is 1.55. The first-order valence-electron chi connectivity index (χ1n) is 12.7. The number of thiophene rings is 1. The number of aryl methyl sites for hydroxylation is 1. The lowest BCUT2D eigenvalue weighted by Crippen LogP contribution is -2.48. The maximum atomic E-state index is 13.8. The van der Waals surface area contributed by atoms with Gasteiger partial charge in [0.25, 0.3) is 0 Å². The van der Waals surface area contributed by atoms with Crippen LogP contribution in [0.25, 0.3) is 0 Å². The van der Waals surface area contributed by atoms with Crippen LogP contribution in [0.5, 0.6) is 11.5 Å². The van der Waals surface area contributed by atoms with E-state index in [2.05, 4.69) is 39.1 Å². The fraction of sp³-hybridized carbons (Fsp3) is 0.571. The minimum Gasteiger partial charge on any atom is -0.454 e. The molecule has 4 rings (SSSR count). The van der Waals surface area contributed by atoms with Crippen molar-refractivity contribution in [3.05, 3.63) is 45.6 Å². The van der Waals surface area contributed by atoms with Crippen LogP contribution in [0.3, 0.4) is 0 Å². The predicted molar refractivity (Wildman–Crippen MR) is 139 cm³/mol. The Morgan fingerprint density at radius 3 is 2.43 bits per heavy atom. The first-order valence-corrected chi connectivity index (χ1v) is 13.6. The molecule has 1 fully saturated rings. The number of fused-ring (bicyclic) bond motifs is 1. The van der Waals surface area contributed by atoms with Gasteiger partial charge in [0.05, 0.1) is 6.54 Å². The molecule has 0 saturated heterocycles. The van der Waals surface area contributed by atoms with Gasteiger partial charge in [-0.1, -0.05) is 46.1 Å². The summed E-state index contributed by atoms with van der Waals surface area (Å²) in [7, 11) is 0. The van der Waals surface area contributed by atoms with Crippen molar-refractivity contribution in [2.24, 2.45) is 5.41 Å². The molecule has 2 heterocycles. The third-order valence-electron chi connectivity index (χ3n) is 6.79. The Morgan fingerprint density at radius 1 is 1.00 bits per heavy atom. The number of ether oxygens (including phenoxy) is 2. The van der Waals surface area contributed by atoms with Crippen LogP contribution in [-0.2, 0) is 22.7 Å². The summed E-state index contributed by atoms with van der Waals surface area (Å²) in [5.74, 6) is 1.53. The number of benzene rings is 1. The van der Waals surface area contributed by atoms with Crippen molar-refractivity contribution in [2.75, 3.05) is 13.3 Å². The predicted octanol–water partition coefficient (Wildman–Crippen LogP) is 5.91. The van der Waals surface area contributed by atoms with Crippen molar-refractivity contribution in [1.29, 1.82) is 0 Å². The molecule has 0 atom stereocenters. The highest BCUT2D eigenvalue weighted by Gasteiger charge is 2.31. The van der Waals surface area contributed by atoms with E-state index in [0.717, 1.165) is 37.0 Å². The first kappa shape index (κ1) is 25.5. The van der Waals surface area contributed by atoms with Crippen LogP contribution in [0, 0.1) is 12.3 Å². The molecule has 1 aliphatic heterocycles. The molecule has 2 amide bonds. The van der Waals surface area contributed by atoms with E-state index in [1.165, 1.54) is 16.9 Å². The van der Waals surface area contributed by atoms with Gasteiger partial charge in [-0.25, -0.2) is 0 Å².